The van der Waals surface area contributed by atoms with E-state index in [0.29, 0.717) is 5.82 Å². The van der Waals surface area contributed by atoms with Crippen LogP contribution in [0, 0.1) is 6.92 Å². The molecule has 2 heterocycles. The van der Waals surface area contributed by atoms with Crippen LogP contribution < -0.4 is 5.73 Å². The van der Waals surface area contributed by atoms with Crippen molar-refractivity contribution in [3.8, 4) is 0 Å². The molecule has 2 N–H and O–H groups in total. The fourth-order valence-corrected chi connectivity index (χ4v) is 2.34. The van der Waals surface area contributed by atoms with Crippen LogP contribution in [0.2, 0.25) is 0 Å². The summed E-state index contributed by atoms with van der Waals surface area (Å²) >= 11 is 1.59. The highest BCUT2D eigenvalue weighted by molar-refractivity contribution is 7.99. The maximum Gasteiger partial charge on any atom is 0.137 e. The van der Waals surface area contributed by atoms with Crippen LogP contribution in [-0.2, 0) is 5.41 Å². The molecule has 0 spiro atoms. The average molecular weight is 274 g/mol. The van der Waals surface area contributed by atoms with E-state index in [1.54, 1.807) is 24.2 Å². The van der Waals surface area contributed by atoms with Gasteiger partial charge in [0, 0.05) is 28.3 Å². The van der Waals surface area contributed by atoms with Crippen molar-refractivity contribution in [1.82, 2.24) is 15.0 Å². The molecule has 0 saturated carbocycles. The van der Waals surface area contributed by atoms with E-state index in [1.807, 2.05) is 19.1 Å². The lowest BCUT2D eigenvalue weighted by Crippen LogP contribution is -2.18. The summed E-state index contributed by atoms with van der Waals surface area (Å²) in [4.78, 5) is 14.1. The van der Waals surface area contributed by atoms with E-state index in [9.17, 15) is 0 Å². The molecule has 0 aromatic carbocycles. The van der Waals surface area contributed by atoms with Crippen molar-refractivity contribution >= 4 is 17.6 Å². The molecule has 19 heavy (non-hydrogen) atoms. The Kier molecular flexibility index (Phi) is 3.75. The first-order chi connectivity index (χ1) is 8.88. The number of nitrogens with two attached hydrogens (primary N) is 1. The van der Waals surface area contributed by atoms with Gasteiger partial charge in [-0.25, -0.2) is 9.97 Å². The van der Waals surface area contributed by atoms with Gasteiger partial charge in [-0.15, -0.1) is 0 Å². The quantitative estimate of drug-likeness (QED) is 0.852. The molecular weight excluding hydrogens is 256 g/mol. The highest BCUT2D eigenvalue weighted by Crippen LogP contribution is 2.32. The minimum atomic E-state index is -0.116. The molecule has 2 rings (SSSR count). The Morgan fingerprint density at radius 1 is 1.11 bits per heavy atom. The molecular formula is C14H18N4S. The predicted octanol–water partition coefficient (Wildman–Crippen LogP) is 3.21. The Balaban J connectivity index is 2.42. The van der Waals surface area contributed by atoms with Crippen LogP contribution in [0.25, 0.3) is 0 Å². The molecule has 5 heteroatoms. The molecule has 0 aliphatic rings. The zero-order valence-corrected chi connectivity index (χ0v) is 12.5. The van der Waals surface area contributed by atoms with Crippen LogP contribution in [0.1, 0.15) is 32.2 Å². The van der Waals surface area contributed by atoms with Gasteiger partial charge in [0.25, 0.3) is 0 Å². The van der Waals surface area contributed by atoms with E-state index in [2.05, 4.69) is 35.7 Å². The smallest absolute Gasteiger partial charge is 0.137 e. The fraction of sp³-hybridized carbons (Fsp3) is 0.357. The topological polar surface area (TPSA) is 64.7 Å². The van der Waals surface area contributed by atoms with E-state index >= 15 is 0 Å². The van der Waals surface area contributed by atoms with Gasteiger partial charge in [0.05, 0.1) is 0 Å². The molecule has 2 aromatic heterocycles. The zero-order valence-electron chi connectivity index (χ0n) is 11.6. The summed E-state index contributed by atoms with van der Waals surface area (Å²) in [5.74, 6) is 1.32. The average Bonchev–Trinajstić information content (AvgIpc) is 2.34. The first kappa shape index (κ1) is 13.8. The summed E-state index contributed by atoms with van der Waals surface area (Å²) in [6.45, 7) is 8.19. The fourth-order valence-electron chi connectivity index (χ4n) is 1.47. The number of hydrogen-bond donors (Lipinski definition) is 1. The number of nitrogens with zero attached hydrogens (tertiary/aromatic N) is 3. The number of aromatic nitrogens is 3. The van der Waals surface area contributed by atoms with Crippen LogP contribution in [0.4, 0.5) is 5.82 Å². The minimum absolute atomic E-state index is 0.116. The number of rotatable bonds is 2. The lowest BCUT2D eigenvalue weighted by Gasteiger charge is -2.19. The molecule has 0 aliphatic heterocycles. The first-order valence-electron chi connectivity index (χ1n) is 6.10. The first-order valence-corrected chi connectivity index (χ1v) is 6.92. The lowest BCUT2D eigenvalue weighted by molar-refractivity contribution is 0.538. The largest absolute Gasteiger partial charge is 0.383 e. The summed E-state index contributed by atoms with van der Waals surface area (Å²) in [5, 5.41) is 0.906. The van der Waals surface area contributed by atoms with Gasteiger partial charge in [-0.3, -0.25) is 4.98 Å². The van der Waals surface area contributed by atoms with E-state index in [1.165, 1.54) is 0 Å². The Hall–Kier alpha value is -1.62. The molecule has 0 fully saturated rings. The molecule has 0 bridgehead atoms. The minimum Gasteiger partial charge on any atom is -0.383 e. The van der Waals surface area contributed by atoms with Crippen molar-refractivity contribution in [2.24, 2.45) is 0 Å². The van der Waals surface area contributed by atoms with Gasteiger partial charge >= 0.3 is 0 Å². The molecule has 0 radical (unpaired) electrons. The Bertz CT molecular complexity index is 576. The molecule has 4 nitrogen and oxygen atoms in total. The van der Waals surface area contributed by atoms with Crippen LogP contribution in [0.3, 0.4) is 0 Å². The van der Waals surface area contributed by atoms with Crippen molar-refractivity contribution in [1.29, 1.82) is 0 Å². The Morgan fingerprint density at radius 3 is 2.32 bits per heavy atom. The second-order valence-electron chi connectivity index (χ2n) is 5.40. The van der Waals surface area contributed by atoms with Crippen LogP contribution >= 0.6 is 11.8 Å². The highest BCUT2D eigenvalue weighted by atomic mass is 32.2. The van der Waals surface area contributed by atoms with E-state index in [0.717, 1.165) is 21.3 Å². The maximum atomic E-state index is 5.99. The van der Waals surface area contributed by atoms with Crippen molar-refractivity contribution in [3.05, 3.63) is 35.9 Å². The third-order valence-corrected chi connectivity index (χ3v) is 3.77. The summed E-state index contributed by atoms with van der Waals surface area (Å²) in [7, 11) is 0. The molecule has 0 unspecified atom stereocenters. The van der Waals surface area contributed by atoms with Crippen molar-refractivity contribution < 1.29 is 0 Å². The molecule has 100 valence electrons. The van der Waals surface area contributed by atoms with Gasteiger partial charge in [-0.05, 0) is 19.1 Å². The van der Waals surface area contributed by atoms with E-state index < -0.39 is 0 Å². The van der Waals surface area contributed by atoms with Crippen LogP contribution in [0.15, 0.2) is 34.4 Å². The molecule has 0 amide bonds. The monoisotopic (exact) mass is 274 g/mol. The van der Waals surface area contributed by atoms with Gasteiger partial charge in [0.1, 0.15) is 16.7 Å². The van der Waals surface area contributed by atoms with Crippen molar-refractivity contribution in [3.63, 3.8) is 0 Å². The number of anilines is 1. The number of pyridine rings is 1. The Morgan fingerprint density at radius 2 is 1.74 bits per heavy atom. The molecule has 2 aromatic rings. The normalized spacial score (nSPS) is 11.6. The van der Waals surface area contributed by atoms with Gasteiger partial charge in [0.2, 0.25) is 0 Å². The Labute approximate surface area is 117 Å². The number of hydrogen-bond acceptors (Lipinski definition) is 5. The van der Waals surface area contributed by atoms with Crippen molar-refractivity contribution in [2.45, 2.75) is 43.0 Å². The molecule has 0 saturated heterocycles. The summed E-state index contributed by atoms with van der Waals surface area (Å²) in [5.41, 5.74) is 6.81. The summed E-state index contributed by atoms with van der Waals surface area (Å²) in [6.07, 6.45) is 3.54. The third-order valence-electron chi connectivity index (χ3n) is 2.67. The predicted molar refractivity (Wildman–Crippen MR) is 78.2 cm³/mol. The van der Waals surface area contributed by atoms with Crippen LogP contribution in [0.5, 0.6) is 0 Å². The SMILES string of the molecule is Cc1c(N)nc(C(C)(C)C)nc1Sc1ccncc1. The van der Waals surface area contributed by atoms with Gasteiger partial charge in [0.15, 0.2) is 0 Å². The summed E-state index contributed by atoms with van der Waals surface area (Å²) in [6, 6.07) is 3.92. The van der Waals surface area contributed by atoms with Crippen molar-refractivity contribution in [2.75, 3.05) is 5.73 Å². The van der Waals surface area contributed by atoms with E-state index in [4.69, 9.17) is 5.73 Å². The second kappa shape index (κ2) is 5.17. The summed E-state index contributed by atoms with van der Waals surface area (Å²) < 4.78 is 0. The standard InChI is InChI=1S/C14H18N4S/c1-9-11(15)17-13(14(2,3)4)18-12(9)19-10-5-7-16-8-6-10/h5-8H,1-4H3,(H2,15,17,18). The zero-order chi connectivity index (χ0) is 14.0. The molecule has 0 aliphatic carbocycles. The van der Waals surface area contributed by atoms with Crippen LogP contribution in [-0.4, -0.2) is 15.0 Å². The lowest BCUT2D eigenvalue weighted by atomic mass is 9.95. The maximum absolute atomic E-state index is 5.99. The molecule has 0 atom stereocenters. The van der Waals surface area contributed by atoms with Gasteiger partial charge in [-0.2, -0.15) is 0 Å². The van der Waals surface area contributed by atoms with E-state index in [-0.39, 0.29) is 5.41 Å². The number of nitrogen functional groups attached to an aromatic ring is 1. The van der Waals surface area contributed by atoms with Gasteiger partial charge in [-0.1, -0.05) is 32.5 Å². The second-order valence-corrected chi connectivity index (χ2v) is 6.46. The van der Waals surface area contributed by atoms with Gasteiger partial charge < -0.3 is 5.73 Å². The third kappa shape index (κ3) is 3.23. The highest BCUT2D eigenvalue weighted by Gasteiger charge is 2.20.